The molecule has 0 amide bonds. The SMILES string of the molecule is CCCCCCCCCCCCCOC(=O)CCN(CCC(=O)OCCCCCCCCCCCCC)CCN(CCC(=O)OCCCCCCCCCCCCC)CCN(CC)CC. The third-order valence-electron chi connectivity index (χ3n) is 13.3. The van der Waals surface area contributed by atoms with Crippen molar-refractivity contribution in [3.63, 3.8) is 0 Å². The van der Waals surface area contributed by atoms with Crippen LogP contribution < -0.4 is 0 Å². The van der Waals surface area contributed by atoms with Gasteiger partial charge in [0.05, 0.1) is 39.1 Å². The zero-order valence-corrected chi connectivity index (χ0v) is 44.2. The molecule has 0 radical (unpaired) electrons. The second-order valence-electron chi connectivity index (χ2n) is 19.2. The lowest BCUT2D eigenvalue weighted by Crippen LogP contribution is -2.41. The molecule has 0 aliphatic rings. The number of ether oxygens (including phenoxy) is 3. The van der Waals surface area contributed by atoms with Crippen LogP contribution in [-0.2, 0) is 28.6 Å². The Morgan fingerprint density at radius 1 is 0.262 bits per heavy atom. The van der Waals surface area contributed by atoms with Crippen LogP contribution in [-0.4, -0.2) is 111 Å². The number of nitrogens with zero attached hydrogens (tertiary/aromatic N) is 3. The van der Waals surface area contributed by atoms with E-state index >= 15 is 0 Å². The van der Waals surface area contributed by atoms with Crippen LogP contribution in [0.4, 0.5) is 0 Å². The molecular weight excluding hydrogens is 811 g/mol. The Hall–Kier alpha value is -1.71. The first-order valence-electron chi connectivity index (χ1n) is 28.5. The summed E-state index contributed by atoms with van der Waals surface area (Å²) in [5.41, 5.74) is 0. The highest BCUT2D eigenvalue weighted by atomic mass is 16.5. The average Bonchev–Trinajstić information content (AvgIpc) is 3.31. The van der Waals surface area contributed by atoms with E-state index in [0.29, 0.717) is 65.3 Å². The molecule has 0 rings (SSSR count). The minimum absolute atomic E-state index is 0.122. The normalized spacial score (nSPS) is 11.6. The molecule has 0 bridgehead atoms. The van der Waals surface area contributed by atoms with Gasteiger partial charge in [-0.2, -0.15) is 0 Å². The fourth-order valence-corrected chi connectivity index (χ4v) is 8.60. The van der Waals surface area contributed by atoms with Gasteiger partial charge in [0.15, 0.2) is 0 Å². The van der Waals surface area contributed by atoms with E-state index in [0.717, 1.165) is 71.2 Å². The van der Waals surface area contributed by atoms with Gasteiger partial charge < -0.3 is 28.9 Å². The van der Waals surface area contributed by atoms with Crippen molar-refractivity contribution in [3.05, 3.63) is 0 Å². The first-order chi connectivity index (χ1) is 31.9. The zero-order valence-electron chi connectivity index (χ0n) is 44.2. The summed E-state index contributed by atoms with van der Waals surface area (Å²) in [6.07, 6.45) is 42.8. The van der Waals surface area contributed by atoms with Gasteiger partial charge in [-0.3, -0.25) is 14.4 Å². The van der Waals surface area contributed by atoms with Crippen LogP contribution in [0.1, 0.15) is 266 Å². The average molecular weight is 923 g/mol. The molecule has 9 heteroatoms. The number of esters is 3. The summed E-state index contributed by atoms with van der Waals surface area (Å²) < 4.78 is 17.0. The Morgan fingerprint density at radius 3 is 0.692 bits per heavy atom. The number of carbonyl (C=O) groups excluding carboxylic acids is 3. The van der Waals surface area contributed by atoms with Gasteiger partial charge in [0.1, 0.15) is 0 Å². The van der Waals surface area contributed by atoms with Gasteiger partial charge in [-0.1, -0.05) is 227 Å². The lowest BCUT2D eigenvalue weighted by molar-refractivity contribution is -0.145. The van der Waals surface area contributed by atoms with Crippen molar-refractivity contribution in [3.8, 4) is 0 Å². The standard InChI is InChI=1S/C56H111N3O6/c1-6-11-14-17-20-23-26-29-32-35-38-51-63-54(60)41-44-58(45-42-55(61)64-52-39-36-33-30-27-24-21-18-15-12-7-2)49-50-59(48-47-57(9-4)10-5)46-43-56(62)65-53-40-37-34-31-28-25-22-19-16-13-8-3/h6-53H2,1-5H3. The van der Waals surface area contributed by atoms with Crippen LogP contribution in [0.25, 0.3) is 0 Å². The molecule has 0 N–H and O–H groups in total. The molecule has 0 saturated heterocycles. The fourth-order valence-electron chi connectivity index (χ4n) is 8.60. The molecular formula is C56H111N3O6. The first kappa shape index (κ1) is 63.3. The molecule has 0 atom stereocenters. The van der Waals surface area contributed by atoms with Crippen LogP contribution in [0.3, 0.4) is 0 Å². The smallest absolute Gasteiger partial charge is 0.307 e. The molecule has 0 aromatic carbocycles. The Kier molecular flexibility index (Phi) is 50.3. The van der Waals surface area contributed by atoms with Crippen molar-refractivity contribution >= 4 is 17.9 Å². The van der Waals surface area contributed by atoms with Crippen LogP contribution in [0, 0.1) is 0 Å². The molecule has 0 saturated carbocycles. The van der Waals surface area contributed by atoms with Gasteiger partial charge in [-0.15, -0.1) is 0 Å². The minimum Gasteiger partial charge on any atom is -0.466 e. The summed E-state index contributed by atoms with van der Waals surface area (Å²) >= 11 is 0. The Morgan fingerprint density at radius 2 is 0.462 bits per heavy atom. The maximum atomic E-state index is 12.9. The molecule has 0 aliphatic carbocycles. The molecule has 0 fully saturated rings. The van der Waals surface area contributed by atoms with Gasteiger partial charge in [0.2, 0.25) is 0 Å². The molecule has 0 aromatic heterocycles. The van der Waals surface area contributed by atoms with E-state index in [1.165, 1.54) is 173 Å². The second kappa shape index (κ2) is 51.7. The molecule has 0 unspecified atom stereocenters. The van der Waals surface area contributed by atoms with Crippen LogP contribution in [0.2, 0.25) is 0 Å². The third-order valence-corrected chi connectivity index (χ3v) is 13.3. The zero-order chi connectivity index (χ0) is 47.5. The summed E-state index contributed by atoms with van der Waals surface area (Å²) in [5, 5.41) is 0. The van der Waals surface area contributed by atoms with Gasteiger partial charge in [0.25, 0.3) is 0 Å². The summed E-state index contributed by atoms with van der Waals surface area (Å²) in [5.74, 6) is -0.456. The molecule has 0 aliphatic heterocycles. The number of likely N-dealkylation sites (N-methyl/N-ethyl adjacent to an activating group) is 1. The van der Waals surface area contributed by atoms with Gasteiger partial charge >= 0.3 is 17.9 Å². The fraction of sp³-hybridized carbons (Fsp3) is 0.946. The third kappa shape index (κ3) is 47.2. The number of hydrogen-bond donors (Lipinski definition) is 0. The van der Waals surface area contributed by atoms with Gasteiger partial charge in [-0.05, 0) is 32.4 Å². The Labute approximate surface area is 404 Å². The summed E-state index contributed by atoms with van der Waals surface area (Å²) in [6, 6.07) is 0. The molecule has 0 heterocycles. The number of rotatable bonds is 53. The van der Waals surface area contributed by atoms with E-state index < -0.39 is 0 Å². The molecule has 65 heavy (non-hydrogen) atoms. The molecule has 0 aromatic rings. The monoisotopic (exact) mass is 922 g/mol. The van der Waals surface area contributed by atoms with E-state index in [1.807, 2.05) is 0 Å². The number of hydrogen-bond acceptors (Lipinski definition) is 9. The van der Waals surface area contributed by atoms with Crippen molar-refractivity contribution < 1.29 is 28.6 Å². The minimum atomic E-state index is -0.167. The Balaban J connectivity index is 4.92. The molecule has 386 valence electrons. The van der Waals surface area contributed by atoms with E-state index in [4.69, 9.17) is 14.2 Å². The highest BCUT2D eigenvalue weighted by Gasteiger charge is 2.16. The Bertz CT molecular complexity index is 967. The maximum absolute atomic E-state index is 12.9. The van der Waals surface area contributed by atoms with Gasteiger partial charge in [0, 0.05) is 45.8 Å². The highest BCUT2D eigenvalue weighted by molar-refractivity contribution is 5.70. The second-order valence-corrected chi connectivity index (χ2v) is 19.2. The van der Waals surface area contributed by atoms with Crippen LogP contribution in [0.15, 0.2) is 0 Å². The van der Waals surface area contributed by atoms with Crippen molar-refractivity contribution in [1.82, 2.24) is 14.7 Å². The van der Waals surface area contributed by atoms with Crippen molar-refractivity contribution in [1.29, 1.82) is 0 Å². The molecule has 9 nitrogen and oxygen atoms in total. The van der Waals surface area contributed by atoms with E-state index in [-0.39, 0.29) is 17.9 Å². The predicted molar refractivity (Wildman–Crippen MR) is 277 cm³/mol. The lowest BCUT2D eigenvalue weighted by atomic mass is 10.1. The molecule has 0 spiro atoms. The lowest BCUT2D eigenvalue weighted by Gasteiger charge is -2.29. The van der Waals surface area contributed by atoms with Gasteiger partial charge in [-0.25, -0.2) is 0 Å². The predicted octanol–water partition coefficient (Wildman–Crippen LogP) is 14.7. The van der Waals surface area contributed by atoms with Crippen molar-refractivity contribution in [2.75, 3.05) is 78.7 Å². The first-order valence-corrected chi connectivity index (χ1v) is 28.5. The number of carbonyl (C=O) groups is 3. The largest absolute Gasteiger partial charge is 0.466 e. The quantitative estimate of drug-likeness (QED) is 0.0336. The van der Waals surface area contributed by atoms with Crippen LogP contribution >= 0.6 is 0 Å². The van der Waals surface area contributed by atoms with E-state index in [2.05, 4.69) is 49.3 Å². The summed E-state index contributed by atoms with van der Waals surface area (Å²) in [7, 11) is 0. The van der Waals surface area contributed by atoms with Crippen LogP contribution in [0.5, 0.6) is 0 Å². The summed E-state index contributed by atoms with van der Waals surface area (Å²) in [6.45, 7) is 19.5. The van der Waals surface area contributed by atoms with E-state index in [1.54, 1.807) is 0 Å². The highest BCUT2D eigenvalue weighted by Crippen LogP contribution is 2.14. The van der Waals surface area contributed by atoms with Crippen molar-refractivity contribution in [2.24, 2.45) is 0 Å². The summed E-state index contributed by atoms with van der Waals surface area (Å²) in [4.78, 5) is 45.6. The van der Waals surface area contributed by atoms with Crippen molar-refractivity contribution in [2.45, 2.75) is 266 Å². The van der Waals surface area contributed by atoms with E-state index in [9.17, 15) is 14.4 Å². The maximum Gasteiger partial charge on any atom is 0.307 e. The topological polar surface area (TPSA) is 88.6 Å². The number of unbranched alkanes of at least 4 members (excludes halogenated alkanes) is 30.